The van der Waals surface area contributed by atoms with Gasteiger partial charge in [-0.3, -0.25) is 0 Å². The van der Waals surface area contributed by atoms with Crippen molar-refractivity contribution in [3.05, 3.63) is 20.8 Å². The summed E-state index contributed by atoms with van der Waals surface area (Å²) in [7, 11) is 3.83. The Morgan fingerprint density at radius 1 is 1.14 bits per heavy atom. The summed E-state index contributed by atoms with van der Waals surface area (Å²) < 4.78 is 1.12. The zero-order valence-corrected chi connectivity index (χ0v) is 14.8. The van der Waals surface area contributed by atoms with Gasteiger partial charge in [0.05, 0.1) is 10.3 Å². The molecule has 0 aromatic carbocycles. The molecule has 0 radical (unpaired) electrons. The first-order valence-electron chi connectivity index (χ1n) is 6.74. The maximum atomic E-state index is 4.41. The molecular weight excluding hydrogens is 352 g/mol. The summed E-state index contributed by atoms with van der Waals surface area (Å²) in [6, 6.07) is 4.11. The standard InChI is InChI=1S/C13H19BrN6S/c1-4-7-15-11-17-12(19-13(18-11)20(2)3)16-8-9-5-6-10(14)21-9/h5-6H,4,7-8H2,1-3H3,(H2,15,16,17,18,19). The highest BCUT2D eigenvalue weighted by molar-refractivity contribution is 9.11. The van der Waals surface area contributed by atoms with Crippen LogP contribution in [0.3, 0.4) is 0 Å². The minimum absolute atomic E-state index is 0.580. The largest absolute Gasteiger partial charge is 0.354 e. The molecule has 2 aromatic rings. The van der Waals surface area contributed by atoms with Crippen molar-refractivity contribution in [3.63, 3.8) is 0 Å². The third-order valence-electron chi connectivity index (χ3n) is 2.61. The summed E-state index contributed by atoms with van der Waals surface area (Å²) in [4.78, 5) is 16.3. The molecule has 0 aliphatic heterocycles. The van der Waals surface area contributed by atoms with Gasteiger partial charge in [0.15, 0.2) is 0 Å². The van der Waals surface area contributed by atoms with Gasteiger partial charge in [0.1, 0.15) is 0 Å². The fourth-order valence-electron chi connectivity index (χ4n) is 1.57. The summed E-state index contributed by atoms with van der Waals surface area (Å²) >= 11 is 5.15. The zero-order valence-electron chi connectivity index (χ0n) is 12.4. The number of aromatic nitrogens is 3. The molecule has 8 heteroatoms. The van der Waals surface area contributed by atoms with Gasteiger partial charge in [0.2, 0.25) is 17.8 Å². The lowest BCUT2D eigenvalue weighted by Crippen LogP contribution is -2.17. The Kier molecular flexibility index (Phi) is 5.75. The summed E-state index contributed by atoms with van der Waals surface area (Å²) in [5.41, 5.74) is 0. The van der Waals surface area contributed by atoms with Crippen LogP contribution in [-0.2, 0) is 6.54 Å². The van der Waals surface area contributed by atoms with Crippen molar-refractivity contribution in [2.45, 2.75) is 19.9 Å². The molecular formula is C13H19BrN6S. The van der Waals surface area contributed by atoms with Crippen molar-refractivity contribution < 1.29 is 0 Å². The van der Waals surface area contributed by atoms with E-state index in [0.717, 1.165) is 16.8 Å². The highest BCUT2D eigenvalue weighted by Gasteiger charge is 2.08. The van der Waals surface area contributed by atoms with E-state index in [9.17, 15) is 0 Å². The Hall–Kier alpha value is -1.41. The summed E-state index contributed by atoms with van der Waals surface area (Å²) in [5, 5.41) is 6.45. The van der Waals surface area contributed by atoms with E-state index < -0.39 is 0 Å². The third kappa shape index (κ3) is 4.82. The van der Waals surface area contributed by atoms with Crippen LogP contribution >= 0.6 is 27.3 Å². The highest BCUT2D eigenvalue weighted by atomic mass is 79.9. The Bertz CT molecular complexity index is 586. The first-order valence-corrected chi connectivity index (χ1v) is 8.34. The Morgan fingerprint density at radius 3 is 2.43 bits per heavy atom. The van der Waals surface area contributed by atoms with Crippen LogP contribution in [0.15, 0.2) is 15.9 Å². The van der Waals surface area contributed by atoms with Crippen LogP contribution < -0.4 is 15.5 Å². The molecule has 114 valence electrons. The normalized spacial score (nSPS) is 10.5. The van der Waals surface area contributed by atoms with Crippen molar-refractivity contribution in [1.29, 1.82) is 0 Å². The minimum atomic E-state index is 0.580. The number of thiophene rings is 1. The van der Waals surface area contributed by atoms with E-state index in [2.05, 4.69) is 54.5 Å². The molecule has 0 unspecified atom stereocenters. The van der Waals surface area contributed by atoms with E-state index in [1.807, 2.05) is 25.1 Å². The Labute approximate surface area is 137 Å². The van der Waals surface area contributed by atoms with Gasteiger partial charge in [-0.2, -0.15) is 15.0 Å². The Balaban J connectivity index is 2.11. The predicted molar refractivity (Wildman–Crippen MR) is 92.3 cm³/mol. The molecule has 0 fully saturated rings. The second-order valence-electron chi connectivity index (χ2n) is 4.66. The van der Waals surface area contributed by atoms with Gasteiger partial charge >= 0.3 is 0 Å². The van der Waals surface area contributed by atoms with Crippen molar-refractivity contribution in [1.82, 2.24) is 15.0 Å². The number of anilines is 3. The molecule has 2 N–H and O–H groups in total. The zero-order chi connectivity index (χ0) is 15.2. The molecule has 6 nitrogen and oxygen atoms in total. The molecule has 2 aromatic heterocycles. The summed E-state index contributed by atoms with van der Waals surface area (Å²) in [6.45, 7) is 3.64. The topological polar surface area (TPSA) is 66.0 Å². The fraction of sp³-hybridized carbons (Fsp3) is 0.462. The molecule has 21 heavy (non-hydrogen) atoms. The third-order valence-corrected chi connectivity index (χ3v) is 4.23. The van der Waals surface area contributed by atoms with Crippen LogP contribution in [-0.4, -0.2) is 35.6 Å². The summed E-state index contributed by atoms with van der Waals surface area (Å²) in [6.07, 6.45) is 1.02. The maximum absolute atomic E-state index is 4.41. The minimum Gasteiger partial charge on any atom is -0.354 e. The van der Waals surface area contributed by atoms with E-state index in [1.54, 1.807) is 11.3 Å². The number of hydrogen-bond donors (Lipinski definition) is 2. The van der Waals surface area contributed by atoms with Gasteiger partial charge in [-0.15, -0.1) is 11.3 Å². The first-order chi connectivity index (χ1) is 10.1. The molecule has 0 spiro atoms. The molecule has 0 saturated carbocycles. The highest BCUT2D eigenvalue weighted by Crippen LogP contribution is 2.22. The SMILES string of the molecule is CCCNc1nc(NCc2ccc(Br)s2)nc(N(C)C)n1. The number of rotatable bonds is 7. The van der Waals surface area contributed by atoms with Crippen LogP contribution in [0.4, 0.5) is 17.8 Å². The van der Waals surface area contributed by atoms with Crippen molar-refractivity contribution in [2.24, 2.45) is 0 Å². The van der Waals surface area contributed by atoms with E-state index in [4.69, 9.17) is 0 Å². The second kappa shape index (κ2) is 7.56. The lowest BCUT2D eigenvalue weighted by molar-refractivity contribution is 0.911. The molecule has 2 rings (SSSR count). The van der Waals surface area contributed by atoms with E-state index >= 15 is 0 Å². The van der Waals surface area contributed by atoms with Crippen LogP contribution in [0.5, 0.6) is 0 Å². The fourth-order valence-corrected chi connectivity index (χ4v) is 3.00. The smallest absolute Gasteiger partial charge is 0.231 e. The Morgan fingerprint density at radius 2 is 1.86 bits per heavy atom. The molecule has 0 aliphatic carbocycles. The lowest BCUT2D eigenvalue weighted by Gasteiger charge is -2.13. The quantitative estimate of drug-likeness (QED) is 0.779. The van der Waals surface area contributed by atoms with E-state index in [0.29, 0.717) is 24.4 Å². The van der Waals surface area contributed by atoms with E-state index in [-0.39, 0.29) is 0 Å². The average molecular weight is 371 g/mol. The van der Waals surface area contributed by atoms with E-state index in [1.165, 1.54) is 4.88 Å². The van der Waals surface area contributed by atoms with Gasteiger partial charge in [-0.1, -0.05) is 6.92 Å². The summed E-state index contributed by atoms with van der Waals surface area (Å²) in [5.74, 6) is 1.82. The molecule has 0 bridgehead atoms. The van der Waals surface area contributed by atoms with Crippen LogP contribution in [0.2, 0.25) is 0 Å². The number of nitrogens with zero attached hydrogens (tertiary/aromatic N) is 4. The van der Waals surface area contributed by atoms with Gasteiger partial charge in [0.25, 0.3) is 0 Å². The van der Waals surface area contributed by atoms with Crippen LogP contribution in [0.1, 0.15) is 18.2 Å². The monoisotopic (exact) mass is 370 g/mol. The van der Waals surface area contributed by atoms with Crippen molar-refractivity contribution >= 4 is 45.1 Å². The van der Waals surface area contributed by atoms with Crippen molar-refractivity contribution in [3.8, 4) is 0 Å². The predicted octanol–water partition coefficient (Wildman–Crippen LogP) is 3.20. The second-order valence-corrected chi connectivity index (χ2v) is 7.21. The van der Waals surface area contributed by atoms with Crippen LogP contribution in [0.25, 0.3) is 0 Å². The van der Waals surface area contributed by atoms with Gasteiger partial charge in [-0.25, -0.2) is 0 Å². The average Bonchev–Trinajstić information content (AvgIpc) is 2.88. The van der Waals surface area contributed by atoms with Gasteiger partial charge in [0, 0.05) is 25.5 Å². The number of hydrogen-bond acceptors (Lipinski definition) is 7. The lowest BCUT2D eigenvalue weighted by atomic mass is 10.5. The molecule has 0 aliphatic rings. The molecule has 0 amide bonds. The molecule has 0 saturated heterocycles. The van der Waals surface area contributed by atoms with Gasteiger partial charge in [-0.05, 0) is 34.5 Å². The van der Waals surface area contributed by atoms with Crippen molar-refractivity contribution in [2.75, 3.05) is 36.2 Å². The van der Waals surface area contributed by atoms with Gasteiger partial charge < -0.3 is 15.5 Å². The maximum Gasteiger partial charge on any atom is 0.231 e. The number of nitrogens with one attached hydrogen (secondary N) is 2. The molecule has 0 atom stereocenters. The first kappa shape index (κ1) is 16.0. The number of halogens is 1. The molecule has 2 heterocycles. The van der Waals surface area contributed by atoms with Crippen LogP contribution in [0, 0.1) is 0 Å².